The van der Waals surface area contributed by atoms with Crippen molar-refractivity contribution in [2.75, 3.05) is 0 Å². The summed E-state index contributed by atoms with van der Waals surface area (Å²) in [5.74, 6) is 0.641. The maximum Gasteiger partial charge on any atom is 0.119 e. The largest absolute Gasteiger partial charge is 0.508 e. The number of aromatic nitrogens is 1. The number of hydrogen-bond donors (Lipinski definition) is 2. The minimum absolute atomic E-state index is 0.0659. The maximum absolute atomic E-state index is 10.3. The van der Waals surface area contributed by atoms with E-state index in [2.05, 4.69) is 11.9 Å². The van der Waals surface area contributed by atoms with E-state index in [1.807, 2.05) is 43.3 Å². The highest BCUT2D eigenvalue weighted by Gasteiger charge is 2.14. The van der Waals surface area contributed by atoms with E-state index >= 15 is 0 Å². The first-order chi connectivity index (χ1) is 11.1. The zero-order valence-corrected chi connectivity index (χ0v) is 13.2. The molecule has 0 aliphatic carbocycles. The standard InChI is InChI=1S/C20H19NO2/c1-13-11-16(3-5-19(13)22)17-4-6-20(23)18(12-17)14(2)15-7-9-21-10-8-15/h3-12,14,22-23H,1-2H3. The highest BCUT2D eigenvalue weighted by molar-refractivity contribution is 5.68. The van der Waals surface area contributed by atoms with Crippen LogP contribution in [0.5, 0.6) is 11.5 Å². The van der Waals surface area contributed by atoms with E-state index in [-0.39, 0.29) is 17.4 Å². The molecular formula is C20H19NO2. The lowest BCUT2D eigenvalue weighted by Crippen LogP contribution is -1.97. The molecule has 0 radical (unpaired) electrons. The Balaban J connectivity index is 2.04. The minimum atomic E-state index is 0.0659. The van der Waals surface area contributed by atoms with E-state index in [9.17, 15) is 10.2 Å². The third kappa shape index (κ3) is 3.04. The molecule has 3 heteroatoms. The van der Waals surface area contributed by atoms with Crippen molar-refractivity contribution in [3.63, 3.8) is 0 Å². The Labute approximate surface area is 135 Å². The molecule has 0 saturated heterocycles. The van der Waals surface area contributed by atoms with Gasteiger partial charge in [0.05, 0.1) is 0 Å². The zero-order chi connectivity index (χ0) is 16.4. The number of aryl methyl sites for hydroxylation is 1. The van der Waals surface area contributed by atoms with E-state index in [0.717, 1.165) is 27.8 Å². The topological polar surface area (TPSA) is 53.4 Å². The fourth-order valence-corrected chi connectivity index (χ4v) is 2.75. The molecule has 1 aromatic heterocycles. The summed E-state index contributed by atoms with van der Waals surface area (Å²) in [6.45, 7) is 3.94. The van der Waals surface area contributed by atoms with Gasteiger partial charge in [0.25, 0.3) is 0 Å². The molecule has 0 aliphatic heterocycles. The van der Waals surface area contributed by atoms with Crippen LogP contribution in [0.2, 0.25) is 0 Å². The van der Waals surface area contributed by atoms with Crippen LogP contribution in [0.3, 0.4) is 0 Å². The Morgan fingerprint density at radius 1 is 0.826 bits per heavy atom. The van der Waals surface area contributed by atoms with Crippen LogP contribution < -0.4 is 0 Å². The van der Waals surface area contributed by atoms with Crippen LogP contribution in [0.4, 0.5) is 0 Å². The van der Waals surface area contributed by atoms with E-state index < -0.39 is 0 Å². The van der Waals surface area contributed by atoms with Gasteiger partial charge in [0.2, 0.25) is 0 Å². The Kier molecular flexibility index (Phi) is 4.02. The number of hydrogen-bond acceptors (Lipinski definition) is 3. The Morgan fingerprint density at radius 3 is 2.09 bits per heavy atom. The van der Waals surface area contributed by atoms with Crippen LogP contribution in [-0.2, 0) is 0 Å². The number of phenolic OH excluding ortho intramolecular Hbond substituents is 2. The number of benzene rings is 2. The lowest BCUT2D eigenvalue weighted by atomic mass is 9.90. The van der Waals surface area contributed by atoms with Gasteiger partial charge in [-0.25, -0.2) is 0 Å². The predicted molar refractivity (Wildman–Crippen MR) is 91.7 cm³/mol. The fraction of sp³-hybridized carbons (Fsp3) is 0.150. The van der Waals surface area contributed by atoms with Crippen molar-refractivity contribution in [3.8, 4) is 22.6 Å². The average Bonchev–Trinajstić information content (AvgIpc) is 2.58. The number of pyridine rings is 1. The molecule has 0 spiro atoms. The molecule has 3 rings (SSSR count). The van der Waals surface area contributed by atoms with Gasteiger partial charge in [0.15, 0.2) is 0 Å². The minimum Gasteiger partial charge on any atom is -0.508 e. The van der Waals surface area contributed by atoms with Gasteiger partial charge >= 0.3 is 0 Å². The Hall–Kier alpha value is -2.81. The molecular weight excluding hydrogens is 286 g/mol. The normalized spacial score (nSPS) is 12.1. The van der Waals surface area contributed by atoms with Crippen LogP contribution in [0.1, 0.15) is 29.5 Å². The number of nitrogens with zero attached hydrogens (tertiary/aromatic N) is 1. The summed E-state index contributed by atoms with van der Waals surface area (Å²) in [5, 5.41) is 19.9. The van der Waals surface area contributed by atoms with Crippen molar-refractivity contribution >= 4 is 0 Å². The number of aromatic hydroxyl groups is 2. The van der Waals surface area contributed by atoms with Crippen molar-refractivity contribution in [3.05, 3.63) is 77.6 Å². The third-order valence-electron chi connectivity index (χ3n) is 4.23. The molecule has 23 heavy (non-hydrogen) atoms. The second kappa shape index (κ2) is 6.13. The number of phenols is 2. The second-order valence-electron chi connectivity index (χ2n) is 5.78. The van der Waals surface area contributed by atoms with Gasteiger partial charge in [-0.2, -0.15) is 0 Å². The highest BCUT2D eigenvalue weighted by atomic mass is 16.3. The SMILES string of the molecule is Cc1cc(-c2ccc(O)c(C(C)c3ccncc3)c2)ccc1O. The number of rotatable bonds is 3. The molecule has 0 amide bonds. The van der Waals surface area contributed by atoms with Crippen LogP contribution in [0.15, 0.2) is 60.9 Å². The van der Waals surface area contributed by atoms with Gasteiger partial charge in [-0.3, -0.25) is 4.98 Å². The summed E-state index contributed by atoms with van der Waals surface area (Å²) in [7, 11) is 0. The van der Waals surface area contributed by atoms with Crippen molar-refractivity contribution < 1.29 is 10.2 Å². The van der Waals surface area contributed by atoms with Crippen LogP contribution in [0, 0.1) is 6.92 Å². The van der Waals surface area contributed by atoms with Crippen LogP contribution >= 0.6 is 0 Å². The van der Waals surface area contributed by atoms with Gasteiger partial charge in [0.1, 0.15) is 11.5 Å². The molecule has 1 atom stereocenters. The molecule has 0 saturated carbocycles. The molecule has 1 unspecified atom stereocenters. The molecule has 0 fully saturated rings. The van der Waals surface area contributed by atoms with Gasteiger partial charge in [-0.05, 0) is 65.6 Å². The maximum atomic E-state index is 10.3. The Bertz CT molecular complexity index is 828. The first-order valence-electron chi connectivity index (χ1n) is 7.59. The summed E-state index contributed by atoms with van der Waals surface area (Å²) in [6, 6.07) is 15.1. The molecule has 0 aliphatic rings. The summed E-state index contributed by atoms with van der Waals surface area (Å²) in [4.78, 5) is 4.04. The summed E-state index contributed by atoms with van der Waals surface area (Å²) in [6.07, 6.45) is 3.52. The van der Waals surface area contributed by atoms with Crippen molar-refractivity contribution in [2.24, 2.45) is 0 Å². The first-order valence-corrected chi connectivity index (χ1v) is 7.59. The predicted octanol–water partition coefficient (Wildman–Crippen LogP) is 4.62. The van der Waals surface area contributed by atoms with Gasteiger partial charge in [-0.1, -0.05) is 19.1 Å². The molecule has 1 heterocycles. The van der Waals surface area contributed by atoms with Gasteiger partial charge < -0.3 is 10.2 Å². The lowest BCUT2D eigenvalue weighted by molar-refractivity contribution is 0.466. The van der Waals surface area contributed by atoms with E-state index in [1.54, 1.807) is 24.5 Å². The monoisotopic (exact) mass is 305 g/mol. The van der Waals surface area contributed by atoms with Crippen LogP contribution in [0.25, 0.3) is 11.1 Å². The van der Waals surface area contributed by atoms with E-state index in [4.69, 9.17) is 0 Å². The molecule has 2 N–H and O–H groups in total. The average molecular weight is 305 g/mol. The van der Waals surface area contributed by atoms with Crippen molar-refractivity contribution in [1.82, 2.24) is 4.98 Å². The lowest BCUT2D eigenvalue weighted by Gasteiger charge is -2.16. The second-order valence-corrected chi connectivity index (χ2v) is 5.78. The fourth-order valence-electron chi connectivity index (χ4n) is 2.75. The first kappa shape index (κ1) is 15.1. The van der Waals surface area contributed by atoms with Gasteiger partial charge in [-0.15, -0.1) is 0 Å². The van der Waals surface area contributed by atoms with Crippen molar-refractivity contribution in [1.29, 1.82) is 0 Å². The Morgan fingerprint density at radius 2 is 1.43 bits per heavy atom. The molecule has 116 valence electrons. The van der Waals surface area contributed by atoms with E-state index in [0.29, 0.717) is 0 Å². The molecule has 0 bridgehead atoms. The zero-order valence-electron chi connectivity index (χ0n) is 13.2. The highest BCUT2D eigenvalue weighted by Crippen LogP contribution is 2.35. The van der Waals surface area contributed by atoms with Crippen molar-refractivity contribution in [2.45, 2.75) is 19.8 Å². The molecule has 2 aromatic carbocycles. The quantitative estimate of drug-likeness (QED) is 0.742. The third-order valence-corrected chi connectivity index (χ3v) is 4.23. The van der Waals surface area contributed by atoms with Crippen LogP contribution in [-0.4, -0.2) is 15.2 Å². The molecule has 3 aromatic rings. The molecule has 3 nitrogen and oxygen atoms in total. The summed E-state index contributed by atoms with van der Waals surface area (Å²) >= 11 is 0. The smallest absolute Gasteiger partial charge is 0.119 e. The van der Waals surface area contributed by atoms with E-state index in [1.165, 1.54) is 0 Å². The van der Waals surface area contributed by atoms with Gasteiger partial charge in [0, 0.05) is 23.9 Å². The summed E-state index contributed by atoms with van der Waals surface area (Å²) < 4.78 is 0. The summed E-state index contributed by atoms with van der Waals surface area (Å²) in [5.41, 5.74) is 4.85.